The lowest BCUT2D eigenvalue weighted by atomic mass is 10.0. The Hall–Kier alpha value is -1.65. The van der Waals surface area contributed by atoms with Crippen molar-refractivity contribution in [1.82, 2.24) is 10.2 Å². The highest BCUT2D eigenvalue weighted by Gasteiger charge is 2.26. The molecular formula is C10H12N2O3. The lowest BCUT2D eigenvalue weighted by Crippen LogP contribution is -2.11. The van der Waals surface area contributed by atoms with Crippen molar-refractivity contribution in [2.24, 2.45) is 5.92 Å². The monoisotopic (exact) mass is 208 g/mol. The molecule has 2 rings (SSSR count). The zero-order valence-corrected chi connectivity index (χ0v) is 8.19. The third kappa shape index (κ3) is 1.91. The van der Waals surface area contributed by atoms with E-state index in [0.717, 1.165) is 25.7 Å². The maximum Gasteiger partial charge on any atom is 0.353 e. The molecule has 1 aliphatic rings. The third-order valence-corrected chi connectivity index (χ3v) is 2.79. The van der Waals surface area contributed by atoms with Crippen LogP contribution in [0.15, 0.2) is 6.07 Å². The molecule has 0 saturated heterocycles. The Balaban J connectivity index is 2.14. The van der Waals surface area contributed by atoms with Crippen LogP contribution >= 0.6 is 0 Å². The number of rotatable bonds is 3. The normalized spacial score (nSPS) is 16.8. The summed E-state index contributed by atoms with van der Waals surface area (Å²) in [6, 6.07) is 1.31. The molecule has 0 amide bonds. The van der Waals surface area contributed by atoms with Crippen LogP contribution in [0.1, 0.15) is 46.7 Å². The van der Waals surface area contributed by atoms with E-state index in [4.69, 9.17) is 5.11 Å². The molecular weight excluding hydrogens is 196 g/mol. The zero-order valence-electron chi connectivity index (χ0n) is 8.19. The molecule has 1 fully saturated rings. The van der Waals surface area contributed by atoms with Crippen molar-refractivity contribution in [3.05, 3.63) is 17.5 Å². The van der Waals surface area contributed by atoms with Crippen LogP contribution in [0, 0.1) is 5.92 Å². The van der Waals surface area contributed by atoms with Gasteiger partial charge in [0.05, 0.1) is 0 Å². The van der Waals surface area contributed by atoms with Crippen molar-refractivity contribution < 1.29 is 14.7 Å². The Kier molecular flexibility index (Phi) is 2.53. The first-order chi connectivity index (χ1) is 7.18. The van der Waals surface area contributed by atoms with Crippen molar-refractivity contribution in [3.63, 3.8) is 0 Å². The maximum absolute atomic E-state index is 11.8. The minimum atomic E-state index is -1.09. The average molecular weight is 208 g/mol. The molecule has 1 heterocycles. The fourth-order valence-electron chi connectivity index (χ4n) is 1.95. The van der Waals surface area contributed by atoms with Crippen LogP contribution < -0.4 is 0 Å². The Bertz CT molecular complexity index is 391. The van der Waals surface area contributed by atoms with Gasteiger partial charge >= 0.3 is 5.97 Å². The summed E-state index contributed by atoms with van der Waals surface area (Å²) in [6.07, 6.45) is 3.95. The number of carboxylic acids is 1. The molecule has 15 heavy (non-hydrogen) atoms. The smallest absolute Gasteiger partial charge is 0.353 e. The first-order valence-electron chi connectivity index (χ1n) is 5.01. The molecule has 0 unspecified atom stereocenters. The van der Waals surface area contributed by atoms with E-state index in [-0.39, 0.29) is 23.1 Å². The number of aromatic nitrogens is 2. The van der Waals surface area contributed by atoms with Crippen LogP contribution in [-0.2, 0) is 0 Å². The van der Waals surface area contributed by atoms with E-state index >= 15 is 0 Å². The second-order valence-corrected chi connectivity index (χ2v) is 3.82. The molecule has 0 aromatic carbocycles. The van der Waals surface area contributed by atoms with E-state index in [1.54, 1.807) is 0 Å². The van der Waals surface area contributed by atoms with Crippen LogP contribution in [0.4, 0.5) is 0 Å². The van der Waals surface area contributed by atoms with Crippen molar-refractivity contribution in [1.29, 1.82) is 0 Å². The summed E-state index contributed by atoms with van der Waals surface area (Å²) in [7, 11) is 0. The van der Waals surface area contributed by atoms with Crippen LogP contribution in [0.3, 0.4) is 0 Å². The number of ketones is 1. The highest BCUT2D eigenvalue weighted by atomic mass is 16.4. The quantitative estimate of drug-likeness (QED) is 0.737. The van der Waals surface area contributed by atoms with Gasteiger partial charge in [-0.05, 0) is 12.8 Å². The number of aromatic carboxylic acids is 1. The molecule has 5 nitrogen and oxygen atoms in total. The van der Waals surface area contributed by atoms with E-state index in [1.807, 2.05) is 0 Å². The number of hydrogen-bond donors (Lipinski definition) is 2. The van der Waals surface area contributed by atoms with Crippen LogP contribution in [-0.4, -0.2) is 27.1 Å². The molecule has 80 valence electrons. The number of nitrogens with zero attached hydrogens (tertiary/aromatic N) is 1. The Labute approximate surface area is 86.5 Å². The number of hydrogen-bond acceptors (Lipinski definition) is 3. The molecule has 1 aromatic rings. The molecule has 1 saturated carbocycles. The number of carbonyl (C=O) groups excluding carboxylic acids is 1. The maximum atomic E-state index is 11.8. The van der Waals surface area contributed by atoms with Crippen LogP contribution in [0.2, 0.25) is 0 Å². The largest absolute Gasteiger partial charge is 0.477 e. The van der Waals surface area contributed by atoms with Gasteiger partial charge < -0.3 is 5.11 Å². The van der Waals surface area contributed by atoms with Crippen molar-refractivity contribution in [2.45, 2.75) is 25.7 Å². The van der Waals surface area contributed by atoms with E-state index in [0.29, 0.717) is 0 Å². The number of aromatic amines is 1. The first-order valence-corrected chi connectivity index (χ1v) is 5.01. The lowest BCUT2D eigenvalue weighted by molar-refractivity contribution is 0.0690. The number of nitrogens with one attached hydrogen (secondary N) is 1. The van der Waals surface area contributed by atoms with Crippen molar-refractivity contribution in [3.8, 4) is 0 Å². The summed E-state index contributed by atoms with van der Waals surface area (Å²) in [4.78, 5) is 22.4. The van der Waals surface area contributed by atoms with Gasteiger partial charge in [0.15, 0.2) is 5.78 Å². The summed E-state index contributed by atoms with van der Waals surface area (Å²) < 4.78 is 0. The first kappa shape index (κ1) is 9.89. The summed E-state index contributed by atoms with van der Waals surface area (Å²) >= 11 is 0. The van der Waals surface area contributed by atoms with E-state index in [9.17, 15) is 9.59 Å². The SMILES string of the molecule is O=C(O)c1cc(C(=O)C2CCCC2)n[nH]1. The number of carbonyl (C=O) groups is 2. The summed E-state index contributed by atoms with van der Waals surface area (Å²) in [5.74, 6) is -1.08. The van der Waals surface area contributed by atoms with Gasteiger partial charge in [0.2, 0.25) is 0 Å². The van der Waals surface area contributed by atoms with E-state index < -0.39 is 5.97 Å². The second-order valence-electron chi connectivity index (χ2n) is 3.82. The summed E-state index contributed by atoms with van der Waals surface area (Å²) in [5, 5.41) is 14.7. The van der Waals surface area contributed by atoms with Gasteiger partial charge in [-0.2, -0.15) is 5.10 Å². The molecule has 2 N–H and O–H groups in total. The number of H-pyrrole nitrogens is 1. The van der Waals surface area contributed by atoms with E-state index in [2.05, 4.69) is 10.2 Å². The zero-order chi connectivity index (χ0) is 10.8. The number of carboxylic acid groups (broad SMARTS) is 1. The van der Waals surface area contributed by atoms with Crippen LogP contribution in [0.5, 0.6) is 0 Å². The van der Waals surface area contributed by atoms with Gasteiger partial charge in [0, 0.05) is 12.0 Å². The molecule has 1 aliphatic carbocycles. The predicted molar refractivity (Wildman–Crippen MR) is 51.8 cm³/mol. The Morgan fingerprint density at radius 1 is 1.40 bits per heavy atom. The second kappa shape index (κ2) is 3.84. The minimum absolute atomic E-state index is 0.0312. The van der Waals surface area contributed by atoms with Gasteiger partial charge in [0.25, 0.3) is 0 Å². The molecule has 1 aromatic heterocycles. The lowest BCUT2D eigenvalue weighted by Gasteiger charge is -2.03. The highest BCUT2D eigenvalue weighted by Crippen LogP contribution is 2.27. The van der Waals surface area contributed by atoms with Gasteiger partial charge in [0.1, 0.15) is 11.4 Å². The number of Topliss-reactive ketones (excluding diaryl/α,β-unsaturated/α-hetero) is 1. The van der Waals surface area contributed by atoms with Crippen molar-refractivity contribution >= 4 is 11.8 Å². The fraction of sp³-hybridized carbons (Fsp3) is 0.500. The van der Waals surface area contributed by atoms with Gasteiger partial charge in [-0.15, -0.1) is 0 Å². The van der Waals surface area contributed by atoms with Gasteiger partial charge in [-0.25, -0.2) is 4.79 Å². The minimum Gasteiger partial charge on any atom is -0.477 e. The fourth-order valence-corrected chi connectivity index (χ4v) is 1.95. The molecule has 0 aliphatic heterocycles. The molecule has 0 spiro atoms. The van der Waals surface area contributed by atoms with Crippen molar-refractivity contribution in [2.75, 3.05) is 0 Å². The highest BCUT2D eigenvalue weighted by molar-refractivity contribution is 5.98. The van der Waals surface area contributed by atoms with E-state index in [1.165, 1.54) is 6.07 Å². The third-order valence-electron chi connectivity index (χ3n) is 2.79. The molecule has 0 bridgehead atoms. The standard InChI is InChI=1S/C10H12N2O3/c13-9(6-3-1-2-4-6)7-5-8(10(14)15)12-11-7/h5-6H,1-4H2,(H,11,12)(H,14,15). The Morgan fingerprint density at radius 2 is 2.07 bits per heavy atom. The average Bonchev–Trinajstić information content (AvgIpc) is 2.88. The topological polar surface area (TPSA) is 83.0 Å². The summed E-state index contributed by atoms with van der Waals surface area (Å²) in [6.45, 7) is 0. The summed E-state index contributed by atoms with van der Waals surface area (Å²) in [5.41, 5.74) is 0.218. The molecule has 5 heteroatoms. The molecule has 0 radical (unpaired) electrons. The molecule has 0 atom stereocenters. The van der Waals surface area contributed by atoms with Gasteiger partial charge in [-0.1, -0.05) is 12.8 Å². The predicted octanol–water partition coefficient (Wildman–Crippen LogP) is 1.48. The van der Waals surface area contributed by atoms with Gasteiger partial charge in [-0.3, -0.25) is 9.89 Å². The van der Waals surface area contributed by atoms with Crippen LogP contribution in [0.25, 0.3) is 0 Å². The Morgan fingerprint density at radius 3 is 2.60 bits per heavy atom.